The Labute approximate surface area is 125 Å². The highest BCUT2D eigenvalue weighted by atomic mass is 16.4. The van der Waals surface area contributed by atoms with E-state index in [0.29, 0.717) is 30.5 Å². The van der Waals surface area contributed by atoms with Gasteiger partial charge in [-0.15, -0.1) is 0 Å². The number of amides is 2. The number of aryl methyl sites for hydroxylation is 1. The highest BCUT2D eigenvalue weighted by molar-refractivity contribution is 5.89. The van der Waals surface area contributed by atoms with Crippen molar-refractivity contribution in [2.24, 2.45) is 11.8 Å². The Kier molecular flexibility index (Phi) is 6.72. The summed E-state index contributed by atoms with van der Waals surface area (Å²) in [4.78, 5) is 22.2. The van der Waals surface area contributed by atoms with Gasteiger partial charge in [-0.25, -0.2) is 4.79 Å². The maximum atomic E-state index is 11.7. The van der Waals surface area contributed by atoms with Gasteiger partial charge in [0.15, 0.2) is 0 Å². The SMILES string of the molecule is CC(C)C(C)CNC(=O)Nc1ccc(CCC(=O)O)cc1. The molecule has 3 N–H and O–H groups in total. The number of hydrogen-bond donors (Lipinski definition) is 3. The fourth-order valence-electron chi connectivity index (χ4n) is 1.67. The summed E-state index contributed by atoms with van der Waals surface area (Å²) < 4.78 is 0. The largest absolute Gasteiger partial charge is 0.481 e. The summed E-state index contributed by atoms with van der Waals surface area (Å²) in [7, 11) is 0. The van der Waals surface area contributed by atoms with Crippen LogP contribution in [0, 0.1) is 11.8 Å². The molecule has 0 bridgehead atoms. The van der Waals surface area contributed by atoms with Crippen LogP contribution in [-0.4, -0.2) is 23.7 Å². The summed E-state index contributed by atoms with van der Waals surface area (Å²) in [6, 6.07) is 7.00. The summed E-state index contributed by atoms with van der Waals surface area (Å²) in [5, 5.41) is 14.2. The minimum absolute atomic E-state index is 0.111. The van der Waals surface area contributed by atoms with Gasteiger partial charge < -0.3 is 15.7 Å². The highest BCUT2D eigenvalue weighted by Gasteiger charge is 2.09. The lowest BCUT2D eigenvalue weighted by Gasteiger charge is -2.16. The maximum absolute atomic E-state index is 11.7. The average Bonchev–Trinajstić information content (AvgIpc) is 2.43. The van der Waals surface area contributed by atoms with Crippen molar-refractivity contribution in [2.45, 2.75) is 33.6 Å². The zero-order valence-electron chi connectivity index (χ0n) is 12.8. The van der Waals surface area contributed by atoms with Crippen molar-refractivity contribution < 1.29 is 14.7 Å². The zero-order valence-corrected chi connectivity index (χ0v) is 12.8. The molecule has 1 aromatic rings. The summed E-state index contributed by atoms with van der Waals surface area (Å²) >= 11 is 0. The van der Waals surface area contributed by atoms with Crippen molar-refractivity contribution in [3.63, 3.8) is 0 Å². The molecular weight excluding hydrogens is 268 g/mol. The first-order valence-electron chi connectivity index (χ1n) is 7.24. The number of aliphatic carboxylic acids is 1. The molecule has 0 radical (unpaired) electrons. The van der Waals surface area contributed by atoms with Crippen LogP contribution in [-0.2, 0) is 11.2 Å². The van der Waals surface area contributed by atoms with Crippen molar-refractivity contribution in [2.75, 3.05) is 11.9 Å². The topological polar surface area (TPSA) is 78.4 Å². The number of urea groups is 1. The predicted octanol–water partition coefficient (Wildman–Crippen LogP) is 3.12. The van der Waals surface area contributed by atoms with E-state index in [1.807, 2.05) is 12.1 Å². The van der Waals surface area contributed by atoms with Gasteiger partial charge in [0.1, 0.15) is 0 Å². The third kappa shape index (κ3) is 6.79. The van der Waals surface area contributed by atoms with Gasteiger partial charge in [-0.05, 0) is 36.0 Å². The van der Waals surface area contributed by atoms with E-state index in [4.69, 9.17) is 5.11 Å². The van der Waals surface area contributed by atoms with Crippen LogP contribution in [0.1, 0.15) is 32.8 Å². The van der Waals surface area contributed by atoms with Gasteiger partial charge in [0, 0.05) is 18.7 Å². The van der Waals surface area contributed by atoms with Crippen LogP contribution in [0.2, 0.25) is 0 Å². The van der Waals surface area contributed by atoms with E-state index >= 15 is 0 Å². The Morgan fingerprint density at radius 1 is 1.14 bits per heavy atom. The van der Waals surface area contributed by atoms with E-state index in [-0.39, 0.29) is 12.5 Å². The molecule has 1 unspecified atom stereocenters. The van der Waals surface area contributed by atoms with E-state index in [9.17, 15) is 9.59 Å². The van der Waals surface area contributed by atoms with Crippen LogP contribution in [0.15, 0.2) is 24.3 Å². The summed E-state index contributed by atoms with van der Waals surface area (Å²) in [5.41, 5.74) is 1.64. The van der Waals surface area contributed by atoms with Gasteiger partial charge in [-0.2, -0.15) is 0 Å². The quantitative estimate of drug-likeness (QED) is 0.722. The van der Waals surface area contributed by atoms with E-state index in [1.54, 1.807) is 12.1 Å². The molecule has 0 aliphatic rings. The lowest BCUT2D eigenvalue weighted by Crippen LogP contribution is -2.33. The number of carbonyl (C=O) groups excluding carboxylic acids is 1. The summed E-state index contributed by atoms with van der Waals surface area (Å²) in [6.07, 6.45) is 0.605. The van der Waals surface area contributed by atoms with Gasteiger partial charge in [-0.3, -0.25) is 4.79 Å². The molecule has 0 aliphatic heterocycles. The minimum atomic E-state index is -0.809. The Morgan fingerprint density at radius 3 is 2.29 bits per heavy atom. The summed E-state index contributed by atoms with van der Waals surface area (Å²) in [5.74, 6) is 0.142. The van der Waals surface area contributed by atoms with E-state index in [0.717, 1.165) is 5.56 Å². The normalized spacial score (nSPS) is 12.0. The van der Waals surface area contributed by atoms with Crippen LogP contribution >= 0.6 is 0 Å². The lowest BCUT2D eigenvalue weighted by molar-refractivity contribution is -0.136. The monoisotopic (exact) mass is 292 g/mol. The Hall–Kier alpha value is -2.04. The number of nitrogens with one attached hydrogen (secondary N) is 2. The molecule has 0 aliphatic carbocycles. The van der Waals surface area contributed by atoms with Crippen molar-refractivity contribution in [1.82, 2.24) is 5.32 Å². The van der Waals surface area contributed by atoms with E-state index < -0.39 is 5.97 Å². The Balaban J connectivity index is 2.41. The van der Waals surface area contributed by atoms with Gasteiger partial charge in [0.05, 0.1) is 0 Å². The van der Waals surface area contributed by atoms with Gasteiger partial charge in [0.2, 0.25) is 0 Å². The first kappa shape index (κ1) is 17.0. The van der Waals surface area contributed by atoms with Crippen molar-refractivity contribution >= 4 is 17.7 Å². The minimum Gasteiger partial charge on any atom is -0.481 e. The third-order valence-electron chi connectivity index (χ3n) is 3.56. The van der Waals surface area contributed by atoms with Crippen LogP contribution in [0.5, 0.6) is 0 Å². The number of carbonyl (C=O) groups is 2. The third-order valence-corrected chi connectivity index (χ3v) is 3.56. The molecule has 0 saturated heterocycles. The first-order chi connectivity index (χ1) is 9.88. The van der Waals surface area contributed by atoms with Gasteiger partial charge in [0.25, 0.3) is 0 Å². The van der Waals surface area contributed by atoms with Gasteiger partial charge >= 0.3 is 12.0 Å². The number of carboxylic acid groups (broad SMARTS) is 1. The molecular formula is C16H24N2O3. The molecule has 0 saturated carbocycles. The molecule has 1 aromatic carbocycles. The molecule has 5 heteroatoms. The second kappa shape index (κ2) is 8.29. The van der Waals surface area contributed by atoms with E-state index in [1.165, 1.54) is 0 Å². The molecule has 1 rings (SSSR count). The van der Waals surface area contributed by atoms with Crippen LogP contribution in [0.25, 0.3) is 0 Å². The molecule has 21 heavy (non-hydrogen) atoms. The highest BCUT2D eigenvalue weighted by Crippen LogP contribution is 2.11. The smallest absolute Gasteiger partial charge is 0.319 e. The number of benzene rings is 1. The van der Waals surface area contributed by atoms with Crippen molar-refractivity contribution in [1.29, 1.82) is 0 Å². The number of hydrogen-bond acceptors (Lipinski definition) is 2. The van der Waals surface area contributed by atoms with Gasteiger partial charge in [-0.1, -0.05) is 32.9 Å². The van der Waals surface area contributed by atoms with Crippen molar-refractivity contribution in [3.8, 4) is 0 Å². The van der Waals surface area contributed by atoms with Crippen molar-refractivity contribution in [3.05, 3.63) is 29.8 Å². The fraction of sp³-hybridized carbons (Fsp3) is 0.500. The molecule has 1 atom stereocenters. The van der Waals surface area contributed by atoms with Crippen LogP contribution in [0.3, 0.4) is 0 Å². The standard InChI is InChI=1S/C16H24N2O3/c1-11(2)12(3)10-17-16(21)18-14-7-4-13(5-8-14)6-9-15(19)20/h4-5,7-8,11-12H,6,9-10H2,1-3H3,(H,19,20)(H2,17,18,21). The molecule has 2 amide bonds. The zero-order chi connectivity index (χ0) is 15.8. The molecule has 116 valence electrons. The van der Waals surface area contributed by atoms with E-state index in [2.05, 4.69) is 31.4 Å². The number of anilines is 1. The Morgan fingerprint density at radius 2 is 1.76 bits per heavy atom. The maximum Gasteiger partial charge on any atom is 0.319 e. The van der Waals surface area contributed by atoms with Crippen LogP contribution in [0.4, 0.5) is 10.5 Å². The fourth-order valence-corrected chi connectivity index (χ4v) is 1.67. The number of carboxylic acids is 1. The summed E-state index contributed by atoms with van der Waals surface area (Å²) in [6.45, 7) is 6.99. The molecule has 0 heterocycles. The second-order valence-corrected chi connectivity index (χ2v) is 5.65. The molecule has 0 fully saturated rings. The predicted molar refractivity (Wildman–Crippen MR) is 83.4 cm³/mol. The van der Waals surface area contributed by atoms with Crippen LogP contribution < -0.4 is 10.6 Å². The molecule has 5 nitrogen and oxygen atoms in total. The second-order valence-electron chi connectivity index (χ2n) is 5.65. The lowest BCUT2D eigenvalue weighted by atomic mass is 9.98. The first-order valence-corrected chi connectivity index (χ1v) is 7.24. The molecule has 0 aromatic heterocycles. The number of rotatable bonds is 7. The average molecular weight is 292 g/mol. The Bertz CT molecular complexity index is 469. The molecule has 0 spiro atoms.